The van der Waals surface area contributed by atoms with Crippen molar-refractivity contribution in [2.24, 2.45) is 0 Å². The summed E-state index contributed by atoms with van der Waals surface area (Å²) in [7, 11) is 3.25. The van der Waals surface area contributed by atoms with E-state index in [1.54, 1.807) is 20.3 Å². The van der Waals surface area contributed by atoms with E-state index in [0.717, 1.165) is 11.1 Å². The Hall–Kier alpha value is -1.78. The van der Waals surface area contributed by atoms with Gasteiger partial charge in [0.1, 0.15) is 0 Å². The fourth-order valence-corrected chi connectivity index (χ4v) is 2.11. The van der Waals surface area contributed by atoms with Crippen LogP contribution in [0.15, 0.2) is 36.4 Å². The minimum Gasteiger partial charge on any atom is -0.397 e. The van der Waals surface area contributed by atoms with Crippen LogP contribution in [-0.4, -0.2) is 20.0 Å². The molecule has 2 rings (SSSR count). The second kappa shape index (κ2) is 4.84. The van der Waals surface area contributed by atoms with Crippen LogP contribution in [0, 0.1) is 0 Å². The molecule has 4 nitrogen and oxygen atoms in total. The summed E-state index contributed by atoms with van der Waals surface area (Å²) in [6, 6.07) is 5.63. The summed E-state index contributed by atoms with van der Waals surface area (Å²) < 4.78 is 10.9. The Morgan fingerprint density at radius 2 is 1.89 bits per heavy atom. The van der Waals surface area contributed by atoms with E-state index >= 15 is 0 Å². The van der Waals surface area contributed by atoms with E-state index in [-0.39, 0.29) is 0 Å². The molecule has 1 aromatic carbocycles. The van der Waals surface area contributed by atoms with E-state index in [1.807, 2.05) is 30.4 Å². The molecule has 1 aliphatic rings. The topological polar surface area (TPSA) is 70.5 Å². The van der Waals surface area contributed by atoms with Gasteiger partial charge in [-0.2, -0.15) is 0 Å². The van der Waals surface area contributed by atoms with Crippen molar-refractivity contribution >= 4 is 16.9 Å². The van der Waals surface area contributed by atoms with Crippen LogP contribution in [0.5, 0.6) is 0 Å². The van der Waals surface area contributed by atoms with Crippen molar-refractivity contribution in [3.05, 3.63) is 42.0 Å². The summed E-state index contributed by atoms with van der Waals surface area (Å²) in [6.07, 6.45) is 6.40. The van der Waals surface area contributed by atoms with Gasteiger partial charge < -0.3 is 20.9 Å². The van der Waals surface area contributed by atoms with E-state index in [1.165, 1.54) is 0 Å². The first-order valence-corrected chi connectivity index (χ1v) is 5.75. The number of ether oxygens (including phenoxy) is 2. The van der Waals surface area contributed by atoms with Gasteiger partial charge in [0.2, 0.25) is 0 Å². The SMILES string of the molecule is COC1(OC)C=CC=C(c2cccc(N)c2N)C1. The van der Waals surface area contributed by atoms with Gasteiger partial charge in [-0.25, -0.2) is 0 Å². The molecule has 4 N–H and O–H groups in total. The maximum atomic E-state index is 6.01. The summed E-state index contributed by atoms with van der Waals surface area (Å²) >= 11 is 0. The lowest BCUT2D eigenvalue weighted by molar-refractivity contribution is -0.166. The van der Waals surface area contributed by atoms with Gasteiger partial charge in [0, 0.05) is 26.2 Å². The molecule has 0 saturated carbocycles. The largest absolute Gasteiger partial charge is 0.397 e. The highest BCUT2D eigenvalue weighted by atomic mass is 16.7. The normalized spacial score (nSPS) is 17.6. The van der Waals surface area contributed by atoms with Crippen molar-refractivity contribution in [3.63, 3.8) is 0 Å². The predicted molar refractivity (Wildman–Crippen MR) is 73.7 cm³/mol. The molecule has 0 spiro atoms. The first kappa shape index (κ1) is 12.7. The zero-order valence-corrected chi connectivity index (χ0v) is 10.6. The first-order valence-electron chi connectivity index (χ1n) is 5.75. The van der Waals surface area contributed by atoms with Gasteiger partial charge >= 0.3 is 0 Å². The van der Waals surface area contributed by atoms with Crippen molar-refractivity contribution in [1.82, 2.24) is 0 Å². The van der Waals surface area contributed by atoms with Crippen LogP contribution in [0.2, 0.25) is 0 Å². The second-order valence-electron chi connectivity index (χ2n) is 4.26. The standard InChI is InChI=1S/C14H18N2O2/c1-17-14(18-2)8-4-5-10(9-14)11-6-3-7-12(15)13(11)16/h3-8H,9,15-16H2,1-2H3. The number of hydrogen-bond acceptors (Lipinski definition) is 4. The summed E-state index contributed by atoms with van der Waals surface area (Å²) in [5, 5.41) is 0. The van der Waals surface area contributed by atoms with Crippen molar-refractivity contribution in [3.8, 4) is 0 Å². The third-order valence-electron chi connectivity index (χ3n) is 3.26. The maximum absolute atomic E-state index is 6.01. The van der Waals surface area contributed by atoms with Crippen LogP contribution in [0.1, 0.15) is 12.0 Å². The molecule has 0 fully saturated rings. The number of hydrogen-bond donors (Lipinski definition) is 2. The van der Waals surface area contributed by atoms with Gasteiger partial charge in [-0.3, -0.25) is 0 Å². The number of methoxy groups -OCH3 is 2. The lowest BCUT2D eigenvalue weighted by atomic mass is 9.92. The van der Waals surface area contributed by atoms with E-state index in [0.29, 0.717) is 17.8 Å². The third-order valence-corrected chi connectivity index (χ3v) is 3.26. The maximum Gasteiger partial charge on any atom is 0.191 e. The summed E-state index contributed by atoms with van der Waals surface area (Å²) in [5.41, 5.74) is 15.0. The van der Waals surface area contributed by atoms with Crippen LogP contribution in [0.3, 0.4) is 0 Å². The monoisotopic (exact) mass is 246 g/mol. The van der Waals surface area contributed by atoms with Gasteiger partial charge in [0.25, 0.3) is 0 Å². The van der Waals surface area contributed by atoms with Gasteiger partial charge in [0.05, 0.1) is 11.4 Å². The number of allylic oxidation sites excluding steroid dienone is 2. The van der Waals surface area contributed by atoms with Gasteiger partial charge in [0.15, 0.2) is 5.79 Å². The van der Waals surface area contributed by atoms with Crippen molar-refractivity contribution in [2.75, 3.05) is 25.7 Å². The van der Waals surface area contributed by atoms with Crippen LogP contribution in [-0.2, 0) is 9.47 Å². The van der Waals surface area contributed by atoms with Crippen molar-refractivity contribution in [1.29, 1.82) is 0 Å². The highest BCUT2D eigenvalue weighted by molar-refractivity contribution is 5.83. The molecular formula is C14H18N2O2. The number of para-hydroxylation sites is 1. The fourth-order valence-electron chi connectivity index (χ4n) is 2.11. The minimum absolute atomic E-state index is 0.586. The molecule has 0 amide bonds. The van der Waals surface area contributed by atoms with Crippen LogP contribution < -0.4 is 11.5 Å². The Morgan fingerprint density at radius 1 is 1.17 bits per heavy atom. The third kappa shape index (κ3) is 2.12. The summed E-state index contributed by atoms with van der Waals surface area (Å²) in [6.45, 7) is 0. The number of anilines is 2. The molecule has 0 saturated heterocycles. The summed E-state index contributed by atoms with van der Waals surface area (Å²) in [5.74, 6) is -0.721. The molecule has 0 bridgehead atoms. The molecule has 96 valence electrons. The smallest absolute Gasteiger partial charge is 0.191 e. The molecule has 0 unspecified atom stereocenters. The highest BCUT2D eigenvalue weighted by Crippen LogP contribution is 2.36. The summed E-state index contributed by atoms with van der Waals surface area (Å²) in [4.78, 5) is 0. The van der Waals surface area contributed by atoms with E-state index < -0.39 is 5.79 Å². The Kier molecular flexibility index (Phi) is 3.41. The van der Waals surface area contributed by atoms with E-state index in [4.69, 9.17) is 20.9 Å². The number of rotatable bonds is 3. The zero-order chi connectivity index (χ0) is 13.2. The van der Waals surface area contributed by atoms with Gasteiger partial charge in [-0.15, -0.1) is 0 Å². The zero-order valence-electron chi connectivity index (χ0n) is 10.6. The average Bonchev–Trinajstić information content (AvgIpc) is 2.42. The molecule has 0 atom stereocenters. The Balaban J connectivity index is 2.38. The molecular weight excluding hydrogens is 228 g/mol. The molecule has 0 aromatic heterocycles. The molecule has 0 radical (unpaired) electrons. The van der Waals surface area contributed by atoms with Crippen LogP contribution in [0.4, 0.5) is 11.4 Å². The Morgan fingerprint density at radius 3 is 2.56 bits per heavy atom. The van der Waals surface area contributed by atoms with Crippen molar-refractivity contribution in [2.45, 2.75) is 12.2 Å². The Labute approximate surface area is 107 Å². The molecule has 0 heterocycles. The molecule has 18 heavy (non-hydrogen) atoms. The number of nitrogen functional groups attached to an aromatic ring is 2. The number of nitrogens with two attached hydrogens (primary N) is 2. The van der Waals surface area contributed by atoms with Gasteiger partial charge in [-0.1, -0.05) is 24.3 Å². The lowest BCUT2D eigenvalue weighted by Gasteiger charge is -2.31. The van der Waals surface area contributed by atoms with Crippen molar-refractivity contribution < 1.29 is 9.47 Å². The highest BCUT2D eigenvalue weighted by Gasteiger charge is 2.30. The second-order valence-corrected chi connectivity index (χ2v) is 4.26. The molecule has 0 aliphatic heterocycles. The molecule has 1 aromatic rings. The quantitative estimate of drug-likeness (QED) is 0.633. The van der Waals surface area contributed by atoms with Gasteiger partial charge in [-0.05, 0) is 17.7 Å². The minimum atomic E-state index is -0.721. The molecule has 4 heteroatoms. The van der Waals surface area contributed by atoms with Crippen LogP contribution in [0.25, 0.3) is 5.57 Å². The number of benzene rings is 1. The fraction of sp³-hybridized carbons (Fsp3) is 0.286. The average molecular weight is 246 g/mol. The Bertz CT molecular complexity index is 503. The predicted octanol–water partition coefficient (Wildman–Crippen LogP) is 2.18. The molecule has 1 aliphatic carbocycles. The van der Waals surface area contributed by atoms with E-state index in [2.05, 4.69) is 0 Å². The first-order chi connectivity index (χ1) is 8.62. The lowest BCUT2D eigenvalue weighted by Crippen LogP contribution is -2.32. The van der Waals surface area contributed by atoms with Crippen LogP contribution >= 0.6 is 0 Å². The van der Waals surface area contributed by atoms with E-state index in [9.17, 15) is 0 Å².